The van der Waals surface area contributed by atoms with Gasteiger partial charge in [0.25, 0.3) is 5.91 Å². The zero-order chi connectivity index (χ0) is 21.6. The molecule has 3 atom stereocenters. The number of hydrogen-bond donors (Lipinski definition) is 1. The van der Waals surface area contributed by atoms with Crippen LogP contribution in [0.15, 0.2) is 23.3 Å². The van der Waals surface area contributed by atoms with Gasteiger partial charge in [0.15, 0.2) is 6.29 Å². The number of nitrogens with one attached hydrogen (secondary N) is 1. The highest BCUT2D eigenvalue weighted by Gasteiger charge is 2.56. The van der Waals surface area contributed by atoms with E-state index in [9.17, 15) is 14.0 Å². The molecule has 3 amide bonds. The standard InChI is InChI=1S/C19H24ClFN6O3/c1-11-9-25-15-16(22-18(25)27(23-11)7-8-30-3)24(2)19(29)26(17(15)28)10-12-13(20)5-4-6-14(12)21/h4-6,15-16,18,22H,7-10H2,1-3H3. The van der Waals surface area contributed by atoms with E-state index in [1.165, 1.54) is 23.1 Å². The number of urea groups is 1. The van der Waals surface area contributed by atoms with Gasteiger partial charge >= 0.3 is 6.03 Å². The van der Waals surface area contributed by atoms with Gasteiger partial charge < -0.3 is 9.64 Å². The Morgan fingerprint density at radius 2 is 2.13 bits per heavy atom. The maximum absolute atomic E-state index is 14.3. The van der Waals surface area contributed by atoms with E-state index in [0.29, 0.717) is 19.7 Å². The molecule has 0 spiro atoms. The molecule has 1 aromatic rings. The average molecular weight is 439 g/mol. The Labute approximate surface area is 179 Å². The first kappa shape index (κ1) is 21.0. The number of benzene rings is 1. The lowest BCUT2D eigenvalue weighted by Gasteiger charge is -2.42. The molecule has 0 radical (unpaired) electrons. The van der Waals surface area contributed by atoms with Crippen molar-refractivity contribution in [3.05, 3.63) is 34.6 Å². The summed E-state index contributed by atoms with van der Waals surface area (Å²) in [5.41, 5.74) is 0.967. The molecular weight excluding hydrogens is 415 g/mol. The van der Waals surface area contributed by atoms with E-state index in [2.05, 4.69) is 10.4 Å². The van der Waals surface area contributed by atoms with Gasteiger partial charge in [-0.1, -0.05) is 17.7 Å². The molecule has 11 heteroatoms. The van der Waals surface area contributed by atoms with Crippen molar-refractivity contribution in [2.45, 2.75) is 32.0 Å². The van der Waals surface area contributed by atoms with Crippen molar-refractivity contribution in [1.82, 2.24) is 25.0 Å². The molecule has 1 N–H and O–H groups in total. The van der Waals surface area contributed by atoms with E-state index in [1.54, 1.807) is 14.2 Å². The van der Waals surface area contributed by atoms with Crippen LogP contribution in [-0.2, 0) is 16.1 Å². The van der Waals surface area contributed by atoms with Crippen molar-refractivity contribution >= 4 is 29.3 Å². The van der Waals surface area contributed by atoms with Crippen molar-refractivity contribution in [1.29, 1.82) is 0 Å². The highest BCUT2D eigenvalue weighted by molar-refractivity contribution is 6.31. The molecule has 30 heavy (non-hydrogen) atoms. The van der Waals surface area contributed by atoms with Crippen molar-refractivity contribution in [2.75, 3.05) is 33.9 Å². The summed E-state index contributed by atoms with van der Waals surface area (Å²) < 4.78 is 19.5. The van der Waals surface area contributed by atoms with Gasteiger partial charge in [-0.15, -0.1) is 0 Å². The number of imide groups is 1. The minimum atomic E-state index is -0.626. The van der Waals surface area contributed by atoms with E-state index in [4.69, 9.17) is 16.3 Å². The number of carbonyl (C=O) groups excluding carboxylic acids is 2. The van der Waals surface area contributed by atoms with Crippen molar-refractivity contribution in [3.8, 4) is 0 Å². The number of halogens is 2. The average Bonchev–Trinajstić information content (AvgIpc) is 3.09. The Balaban J connectivity index is 1.63. The van der Waals surface area contributed by atoms with E-state index < -0.39 is 24.1 Å². The number of ether oxygens (including phenoxy) is 1. The maximum Gasteiger partial charge on any atom is 0.328 e. The van der Waals surface area contributed by atoms with Crippen LogP contribution in [0.1, 0.15) is 12.5 Å². The van der Waals surface area contributed by atoms with Crippen LogP contribution in [0.2, 0.25) is 5.02 Å². The Hall–Kier alpha value is -2.27. The first-order valence-electron chi connectivity index (χ1n) is 9.66. The summed E-state index contributed by atoms with van der Waals surface area (Å²) in [5, 5.41) is 9.91. The van der Waals surface area contributed by atoms with Crippen LogP contribution >= 0.6 is 11.6 Å². The monoisotopic (exact) mass is 438 g/mol. The second kappa shape index (κ2) is 8.10. The summed E-state index contributed by atoms with van der Waals surface area (Å²) in [6.07, 6.45) is -0.872. The predicted octanol–water partition coefficient (Wildman–Crippen LogP) is 1.09. The molecule has 0 aromatic heterocycles. The number of methoxy groups -OCH3 is 1. The zero-order valence-corrected chi connectivity index (χ0v) is 17.8. The highest BCUT2D eigenvalue weighted by atomic mass is 35.5. The van der Waals surface area contributed by atoms with Crippen molar-refractivity contribution < 1.29 is 18.7 Å². The Kier molecular flexibility index (Phi) is 5.67. The van der Waals surface area contributed by atoms with Crippen LogP contribution in [-0.4, -0.2) is 89.7 Å². The summed E-state index contributed by atoms with van der Waals surface area (Å²) >= 11 is 6.13. The normalized spacial score (nSPS) is 26.8. The van der Waals surface area contributed by atoms with Crippen molar-refractivity contribution in [2.24, 2.45) is 5.10 Å². The number of likely N-dealkylation sites (N-methyl/N-ethyl adjacent to an activating group) is 1. The first-order valence-corrected chi connectivity index (χ1v) is 10.0. The number of rotatable bonds is 5. The number of nitrogens with zero attached hydrogens (tertiary/aromatic N) is 5. The lowest BCUT2D eigenvalue weighted by molar-refractivity contribution is -0.139. The number of carbonyl (C=O) groups is 2. The zero-order valence-electron chi connectivity index (χ0n) is 17.0. The largest absolute Gasteiger partial charge is 0.383 e. The number of amides is 3. The lowest BCUT2D eigenvalue weighted by Crippen LogP contribution is -2.66. The molecule has 9 nitrogen and oxygen atoms in total. The van der Waals surface area contributed by atoms with Crippen LogP contribution in [0.3, 0.4) is 0 Å². The Bertz CT molecular complexity index is 879. The molecule has 3 heterocycles. The predicted molar refractivity (Wildman–Crippen MR) is 108 cm³/mol. The van der Waals surface area contributed by atoms with Gasteiger partial charge in [0.2, 0.25) is 0 Å². The second-order valence-electron chi connectivity index (χ2n) is 7.61. The quantitative estimate of drug-likeness (QED) is 0.741. The summed E-state index contributed by atoms with van der Waals surface area (Å²) in [6, 6.07) is 3.15. The minimum Gasteiger partial charge on any atom is -0.383 e. The van der Waals surface area contributed by atoms with E-state index in [-0.39, 0.29) is 29.3 Å². The van der Waals surface area contributed by atoms with Gasteiger partial charge in [-0.05, 0) is 19.1 Å². The summed E-state index contributed by atoms with van der Waals surface area (Å²) in [7, 11) is 3.24. The van der Waals surface area contributed by atoms with Gasteiger partial charge in [-0.2, -0.15) is 5.10 Å². The molecule has 3 aliphatic rings. The van der Waals surface area contributed by atoms with Gasteiger partial charge in [-0.25, -0.2) is 14.1 Å². The Morgan fingerprint density at radius 1 is 1.37 bits per heavy atom. The third-order valence-corrected chi connectivity index (χ3v) is 6.01. The smallest absolute Gasteiger partial charge is 0.328 e. The number of hydrogen-bond acceptors (Lipinski definition) is 7. The van der Waals surface area contributed by atoms with Crippen molar-refractivity contribution in [3.63, 3.8) is 0 Å². The lowest BCUT2D eigenvalue weighted by atomic mass is 10.1. The first-order chi connectivity index (χ1) is 14.3. The van der Waals surface area contributed by atoms with E-state index >= 15 is 0 Å². The fraction of sp³-hybridized carbons (Fsp3) is 0.526. The molecule has 2 fully saturated rings. The maximum atomic E-state index is 14.3. The summed E-state index contributed by atoms with van der Waals surface area (Å²) in [5.74, 6) is -0.944. The fourth-order valence-electron chi connectivity index (χ4n) is 4.19. The van der Waals surface area contributed by atoms with Gasteiger partial charge in [0.05, 0.1) is 19.7 Å². The molecule has 0 aliphatic carbocycles. The molecule has 162 valence electrons. The number of hydrazone groups is 1. The van der Waals surface area contributed by atoms with Gasteiger partial charge in [0, 0.05) is 37.0 Å². The van der Waals surface area contributed by atoms with E-state index in [1.807, 2.05) is 16.8 Å². The minimum absolute atomic E-state index is 0.119. The van der Waals surface area contributed by atoms with Crippen LogP contribution in [0.5, 0.6) is 0 Å². The summed E-state index contributed by atoms with van der Waals surface area (Å²) in [6.45, 7) is 3.14. The molecule has 2 saturated heterocycles. The molecule has 1 aromatic carbocycles. The topological polar surface area (TPSA) is 80.7 Å². The SMILES string of the molecule is COCCN1N=C(C)CN2C3C(=O)N(Cc4c(F)cccc4Cl)C(=O)N(C)C3NC12. The molecule has 0 bridgehead atoms. The van der Waals surface area contributed by atoms with Gasteiger partial charge in [-0.3, -0.25) is 20.0 Å². The van der Waals surface area contributed by atoms with E-state index in [0.717, 1.165) is 10.6 Å². The molecule has 0 saturated carbocycles. The third-order valence-electron chi connectivity index (χ3n) is 5.65. The fourth-order valence-corrected chi connectivity index (χ4v) is 4.42. The summed E-state index contributed by atoms with van der Waals surface area (Å²) in [4.78, 5) is 30.9. The van der Waals surface area contributed by atoms with Crippen LogP contribution < -0.4 is 5.32 Å². The van der Waals surface area contributed by atoms with Crippen LogP contribution in [0.25, 0.3) is 0 Å². The third kappa shape index (κ3) is 3.43. The second-order valence-corrected chi connectivity index (χ2v) is 8.02. The number of fused-ring (bicyclic) bond motifs is 3. The Morgan fingerprint density at radius 3 is 2.83 bits per heavy atom. The van der Waals surface area contributed by atoms with Crippen LogP contribution in [0, 0.1) is 5.82 Å². The molecule has 4 rings (SSSR count). The van der Waals surface area contributed by atoms with Gasteiger partial charge in [0.1, 0.15) is 18.0 Å². The van der Waals surface area contributed by atoms with Crippen LogP contribution in [0.4, 0.5) is 9.18 Å². The molecular formula is C19H24ClFN6O3. The highest BCUT2D eigenvalue weighted by Crippen LogP contribution is 2.31. The molecule has 3 aliphatic heterocycles. The molecule has 3 unspecified atom stereocenters.